The summed E-state index contributed by atoms with van der Waals surface area (Å²) in [6.45, 7) is 0.848. The van der Waals surface area contributed by atoms with Crippen LogP contribution in [0.2, 0.25) is 0 Å². The molecule has 0 N–H and O–H groups in total. The molecule has 3 aromatic carbocycles. The van der Waals surface area contributed by atoms with E-state index in [1.165, 1.54) is 0 Å². The fourth-order valence-electron chi connectivity index (χ4n) is 3.86. The number of para-hydroxylation sites is 3. The SMILES string of the molecule is COc1ccc(OCCS(=O)(=O)c2nnc3n(CCOc4ccccc4)c4ccccc4n23)cc1. The highest BCUT2D eigenvalue weighted by Gasteiger charge is 2.26. The average Bonchev–Trinajstić information content (AvgIpc) is 3.45. The van der Waals surface area contributed by atoms with Crippen LogP contribution in [0.25, 0.3) is 16.8 Å². The van der Waals surface area contributed by atoms with Crippen LogP contribution in [0, 0.1) is 0 Å². The molecule has 0 unspecified atom stereocenters. The quantitative estimate of drug-likeness (QED) is 0.294. The molecule has 0 fully saturated rings. The van der Waals surface area contributed by atoms with Gasteiger partial charge in [0.2, 0.25) is 15.6 Å². The number of methoxy groups -OCH3 is 1. The van der Waals surface area contributed by atoms with Crippen molar-refractivity contribution in [2.45, 2.75) is 11.7 Å². The number of rotatable bonds is 10. The smallest absolute Gasteiger partial charge is 0.256 e. The summed E-state index contributed by atoms with van der Waals surface area (Å²) in [4.78, 5) is 0. The summed E-state index contributed by atoms with van der Waals surface area (Å²) in [5.41, 5.74) is 1.56. The van der Waals surface area contributed by atoms with E-state index < -0.39 is 9.84 Å². The van der Waals surface area contributed by atoms with Crippen LogP contribution in [0.3, 0.4) is 0 Å². The first-order chi connectivity index (χ1) is 17.1. The Balaban J connectivity index is 1.37. The van der Waals surface area contributed by atoms with Crippen LogP contribution in [0.1, 0.15) is 0 Å². The number of sulfone groups is 1. The van der Waals surface area contributed by atoms with Gasteiger partial charge in [-0.25, -0.2) is 12.8 Å². The fourth-order valence-corrected chi connectivity index (χ4v) is 4.97. The second-order valence-corrected chi connectivity index (χ2v) is 9.77. The maximum atomic E-state index is 13.2. The Morgan fingerprint density at radius 2 is 1.37 bits per heavy atom. The van der Waals surface area contributed by atoms with Gasteiger partial charge in [-0.15, -0.1) is 10.2 Å². The monoisotopic (exact) mass is 492 g/mol. The third kappa shape index (κ3) is 4.65. The Kier molecular flexibility index (Phi) is 6.28. The van der Waals surface area contributed by atoms with E-state index in [1.54, 1.807) is 35.8 Å². The minimum atomic E-state index is -3.77. The van der Waals surface area contributed by atoms with Crippen molar-refractivity contribution < 1.29 is 22.6 Å². The minimum Gasteiger partial charge on any atom is -0.497 e. The topological polar surface area (TPSA) is 97.0 Å². The second-order valence-electron chi connectivity index (χ2n) is 7.76. The van der Waals surface area contributed by atoms with Gasteiger partial charge in [0.15, 0.2) is 0 Å². The number of ether oxygens (including phenoxy) is 3. The summed E-state index contributed by atoms with van der Waals surface area (Å²) < 4.78 is 46.5. The molecule has 0 aliphatic carbocycles. The molecule has 2 aromatic heterocycles. The standard InChI is InChI=1S/C25H24N4O5S/c1-32-19-11-13-21(14-12-19)34-17-18-35(30,31)25-27-26-24-28(15-16-33-20-7-3-2-4-8-20)22-9-5-6-10-23(22)29(24)25/h2-14H,15-18H2,1H3. The Morgan fingerprint density at radius 1 is 0.743 bits per heavy atom. The molecule has 2 heterocycles. The number of aromatic nitrogens is 4. The predicted octanol–water partition coefficient (Wildman–Crippen LogP) is 3.62. The number of hydrogen-bond donors (Lipinski definition) is 0. The first-order valence-corrected chi connectivity index (χ1v) is 12.7. The van der Waals surface area contributed by atoms with Crippen molar-refractivity contribution in [3.63, 3.8) is 0 Å². The van der Waals surface area contributed by atoms with E-state index in [4.69, 9.17) is 14.2 Å². The van der Waals surface area contributed by atoms with Gasteiger partial charge >= 0.3 is 0 Å². The van der Waals surface area contributed by atoms with Crippen LogP contribution < -0.4 is 14.2 Å². The van der Waals surface area contributed by atoms with Gasteiger partial charge in [-0.1, -0.05) is 30.3 Å². The van der Waals surface area contributed by atoms with Gasteiger partial charge in [0.25, 0.3) is 5.16 Å². The average molecular weight is 493 g/mol. The molecule has 0 spiro atoms. The summed E-state index contributed by atoms with van der Waals surface area (Å²) in [5.74, 6) is 2.22. The largest absolute Gasteiger partial charge is 0.497 e. The molecule has 0 saturated heterocycles. The van der Waals surface area contributed by atoms with Gasteiger partial charge in [0.1, 0.15) is 30.5 Å². The number of imidazole rings is 1. The van der Waals surface area contributed by atoms with Gasteiger partial charge < -0.3 is 18.8 Å². The number of nitrogens with zero attached hydrogens (tertiary/aromatic N) is 4. The first-order valence-electron chi connectivity index (χ1n) is 11.1. The zero-order chi connectivity index (χ0) is 24.3. The normalized spacial score (nSPS) is 11.7. The predicted molar refractivity (Wildman–Crippen MR) is 131 cm³/mol. The molecule has 0 amide bonds. The van der Waals surface area contributed by atoms with Crippen LogP contribution in [0.15, 0.2) is 84.0 Å². The molecule has 0 bridgehead atoms. The summed E-state index contributed by atoms with van der Waals surface area (Å²) >= 11 is 0. The zero-order valence-corrected chi connectivity index (χ0v) is 19.9. The van der Waals surface area contributed by atoms with Gasteiger partial charge in [-0.3, -0.25) is 0 Å². The zero-order valence-electron chi connectivity index (χ0n) is 19.1. The third-order valence-corrected chi connectivity index (χ3v) is 7.08. The van der Waals surface area contributed by atoms with Crippen LogP contribution in [0.4, 0.5) is 0 Å². The minimum absolute atomic E-state index is 0.0207. The lowest BCUT2D eigenvalue weighted by Crippen LogP contribution is -2.16. The van der Waals surface area contributed by atoms with E-state index in [1.807, 2.05) is 59.2 Å². The molecule has 5 rings (SSSR count). The van der Waals surface area contributed by atoms with Gasteiger partial charge in [0.05, 0.1) is 30.4 Å². The van der Waals surface area contributed by atoms with Gasteiger partial charge in [-0.05, 0) is 48.5 Å². The van der Waals surface area contributed by atoms with Crippen molar-refractivity contribution in [1.29, 1.82) is 0 Å². The van der Waals surface area contributed by atoms with Crippen LogP contribution in [-0.4, -0.2) is 53.7 Å². The van der Waals surface area contributed by atoms with E-state index in [0.29, 0.717) is 35.9 Å². The molecule has 0 radical (unpaired) electrons. The summed E-state index contributed by atoms with van der Waals surface area (Å²) in [6, 6.07) is 24.0. The molecule has 9 nitrogen and oxygen atoms in total. The Hall–Kier alpha value is -4.05. The highest BCUT2D eigenvalue weighted by Crippen LogP contribution is 2.24. The Labute approximate surface area is 202 Å². The van der Waals surface area contributed by atoms with Gasteiger partial charge in [-0.2, -0.15) is 0 Å². The van der Waals surface area contributed by atoms with Crippen molar-refractivity contribution in [2.75, 3.05) is 26.1 Å². The molecule has 10 heteroatoms. The van der Waals surface area contributed by atoms with Crippen molar-refractivity contribution in [1.82, 2.24) is 19.2 Å². The van der Waals surface area contributed by atoms with Crippen molar-refractivity contribution in [2.24, 2.45) is 0 Å². The van der Waals surface area contributed by atoms with Crippen molar-refractivity contribution in [3.8, 4) is 17.2 Å². The lowest BCUT2D eigenvalue weighted by atomic mass is 10.3. The highest BCUT2D eigenvalue weighted by atomic mass is 32.2. The Bertz CT molecular complexity index is 1540. The van der Waals surface area contributed by atoms with Crippen LogP contribution in [-0.2, 0) is 16.4 Å². The molecular formula is C25H24N4O5S. The number of fused-ring (bicyclic) bond motifs is 3. The van der Waals surface area contributed by atoms with Crippen molar-refractivity contribution >= 4 is 26.6 Å². The first kappa shape index (κ1) is 22.7. The summed E-state index contributed by atoms with van der Waals surface area (Å²) in [6.07, 6.45) is 0. The number of benzene rings is 3. The summed E-state index contributed by atoms with van der Waals surface area (Å²) in [7, 11) is -2.19. The molecule has 5 aromatic rings. The van der Waals surface area contributed by atoms with E-state index in [0.717, 1.165) is 11.3 Å². The van der Waals surface area contributed by atoms with E-state index in [-0.39, 0.29) is 17.5 Å². The molecule has 0 atom stereocenters. The molecule has 180 valence electrons. The Morgan fingerprint density at radius 3 is 2.11 bits per heavy atom. The molecule has 0 aliphatic heterocycles. The van der Waals surface area contributed by atoms with E-state index >= 15 is 0 Å². The van der Waals surface area contributed by atoms with E-state index in [2.05, 4.69) is 10.2 Å². The lowest BCUT2D eigenvalue weighted by molar-refractivity contribution is 0.301. The van der Waals surface area contributed by atoms with Gasteiger partial charge in [0, 0.05) is 0 Å². The molecule has 0 aliphatic rings. The van der Waals surface area contributed by atoms with Crippen LogP contribution in [0.5, 0.6) is 17.2 Å². The second kappa shape index (κ2) is 9.67. The fraction of sp³-hybridized carbons (Fsp3) is 0.200. The summed E-state index contributed by atoms with van der Waals surface area (Å²) in [5, 5.41) is 8.16. The molecular weight excluding hydrogens is 468 g/mol. The molecule has 0 saturated carbocycles. The third-order valence-electron chi connectivity index (χ3n) is 5.56. The maximum absolute atomic E-state index is 13.2. The van der Waals surface area contributed by atoms with Crippen LogP contribution >= 0.6 is 0 Å². The maximum Gasteiger partial charge on any atom is 0.256 e. The lowest BCUT2D eigenvalue weighted by Gasteiger charge is -2.07. The molecule has 35 heavy (non-hydrogen) atoms. The van der Waals surface area contributed by atoms with Crippen molar-refractivity contribution in [3.05, 3.63) is 78.9 Å². The highest BCUT2D eigenvalue weighted by molar-refractivity contribution is 7.91. The number of hydrogen-bond acceptors (Lipinski definition) is 7. The van der Waals surface area contributed by atoms with E-state index in [9.17, 15) is 8.42 Å².